The number of aliphatic hydroxyl groups excluding tert-OH is 2. The maximum Gasteiger partial charge on any atom is 0.295 e. The topological polar surface area (TPSA) is 139 Å². The molecule has 174 valence electrons. The van der Waals surface area contributed by atoms with Gasteiger partial charge in [-0.15, -0.1) is 0 Å². The van der Waals surface area contributed by atoms with Crippen LogP contribution in [0.25, 0.3) is 5.76 Å². The zero-order chi connectivity index (χ0) is 24.0. The summed E-state index contributed by atoms with van der Waals surface area (Å²) in [5, 5.41) is 30.8. The van der Waals surface area contributed by atoms with E-state index in [0.717, 1.165) is 0 Å². The second-order valence-corrected chi connectivity index (χ2v) is 7.13. The first-order chi connectivity index (χ1) is 15.9. The first kappa shape index (κ1) is 23.9. The van der Waals surface area contributed by atoms with Gasteiger partial charge in [0.25, 0.3) is 17.4 Å². The van der Waals surface area contributed by atoms with Gasteiger partial charge < -0.3 is 24.6 Å². The molecule has 1 heterocycles. The maximum absolute atomic E-state index is 12.9. The summed E-state index contributed by atoms with van der Waals surface area (Å²) in [6, 6.07) is 11.0. The molecule has 0 aromatic heterocycles. The van der Waals surface area contributed by atoms with E-state index in [1.54, 1.807) is 24.3 Å². The van der Waals surface area contributed by atoms with Gasteiger partial charge in [0.05, 0.1) is 43.0 Å². The van der Waals surface area contributed by atoms with Gasteiger partial charge in [0.15, 0.2) is 0 Å². The van der Waals surface area contributed by atoms with Gasteiger partial charge in [0.2, 0.25) is 0 Å². The molecule has 2 aromatic rings. The Hall–Kier alpha value is -3.76. The van der Waals surface area contributed by atoms with Crippen LogP contribution < -0.4 is 4.74 Å². The molecular weight excluding hydrogens is 432 g/mol. The van der Waals surface area contributed by atoms with Crippen molar-refractivity contribution in [3.05, 3.63) is 75.3 Å². The van der Waals surface area contributed by atoms with Crippen LogP contribution >= 0.6 is 0 Å². The number of non-ortho nitro benzene ring substituents is 1. The molecule has 0 aliphatic carbocycles. The highest BCUT2D eigenvalue weighted by Crippen LogP contribution is 2.39. The number of ether oxygens (including phenoxy) is 2. The molecule has 10 heteroatoms. The maximum atomic E-state index is 12.9. The van der Waals surface area contributed by atoms with Gasteiger partial charge in [-0.05, 0) is 36.8 Å². The van der Waals surface area contributed by atoms with Crippen molar-refractivity contribution in [1.82, 2.24) is 4.90 Å². The van der Waals surface area contributed by atoms with E-state index in [4.69, 9.17) is 14.6 Å². The zero-order valence-electron chi connectivity index (χ0n) is 18.0. The van der Waals surface area contributed by atoms with Crippen LogP contribution in [0.5, 0.6) is 5.75 Å². The van der Waals surface area contributed by atoms with Crippen LogP contribution in [-0.4, -0.2) is 64.7 Å². The third-order valence-corrected chi connectivity index (χ3v) is 5.11. The highest BCUT2D eigenvalue weighted by Gasteiger charge is 2.45. The van der Waals surface area contributed by atoms with E-state index in [1.165, 1.54) is 29.2 Å². The molecule has 1 amide bonds. The van der Waals surface area contributed by atoms with Crippen LogP contribution in [-0.2, 0) is 14.3 Å². The highest BCUT2D eigenvalue weighted by molar-refractivity contribution is 6.46. The van der Waals surface area contributed by atoms with Crippen LogP contribution in [0.1, 0.15) is 24.1 Å². The molecule has 33 heavy (non-hydrogen) atoms. The van der Waals surface area contributed by atoms with Gasteiger partial charge in [-0.2, -0.15) is 0 Å². The molecule has 10 nitrogen and oxygen atoms in total. The molecule has 0 radical (unpaired) electrons. The fourth-order valence-corrected chi connectivity index (χ4v) is 3.60. The Morgan fingerprint density at radius 3 is 2.33 bits per heavy atom. The zero-order valence-corrected chi connectivity index (χ0v) is 18.0. The summed E-state index contributed by atoms with van der Waals surface area (Å²) in [5.41, 5.74) is 0.450. The van der Waals surface area contributed by atoms with Crippen molar-refractivity contribution in [3.8, 4) is 5.75 Å². The van der Waals surface area contributed by atoms with Gasteiger partial charge in [0.1, 0.15) is 11.5 Å². The number of Topliss-reactive ketones (excluding diaryl/α,β-unsaturated/α-hetero) is 1. The van der Waals surface area contributed by atoms with Crippen molar-refractivity contribution < 1.29 is 34.2 Å². The molecule has 0 spiro atoms. The minimum Gasteiger partial charge on any atom is -0.507 e. The van der Waals surface area contributed by atoms with E-state index < -0.39 is 28.4 Å². The van der Waals surface area contributed by atoms with E-state index in [-0.39, 0.29) is 43.2 Å². The summed E-state index contributed by atoms with van der Waals surface area (Å²) >= 11 is 0. The Labute approximate surface area is 189 Å². The summed E-state index contributed by atoms with van der Waals surface area (Å²) < 4.78 is 10.7. The number of hydrogen-bond acceptors (Lipinski definition) is 8. The van der Waals surface area contributed by atoms with Gasteiger partial charge in [0, 0.05) is 24.2 Å². The van der Waals surface area contributed by atoms with Gasteiger partial charge in [-0.25, -0.2) is 0 Å². The van der Waals surface area contributed by atoms with Crippen molar-refractivity contribution >= 4 is 23.1 Å². The number of rotatable bonds is 10. The lowest BCUT2D eigenvalue weighted by Gasteiger charge is -2.25. The SMILES string of the molecule is CCOc1ccc([C@H]2/C(=C(\O)c3ccc([N+](=O)[O-])cc3)C(=O)C(=O)N2CCOCCO)cc1. The van der Waals surface area contributed by atoms with Gasteiger partial charge in [-0.3, -0.25) is 19.7 Å². The summed E-state index contributed by atoms with van der Waals surface area (Å²) in [6.07, 6.45) is 0. The number of likely N-dealkylation sites (tertiary alicyclic amines) is 1. The normalized spacial score (nSPS) is 17.4. The van der Waals surface area contributed by atoms with Crippen molar-refractivity contribution in [3.63, 3.8) is 0 Å². The van der Waals surface area contributed by atoms with E-state index >= 15 is 0 Å². The van der Waals surface area contributed by atoms with Crippen LogP contribution in [0.15, 0.2) is 54.1 Å². The number of hydrogen-bond donors (Lipinski definition) is 2. The Kier molecular flexibility index (Phi) is 7.75. The minimum absolute atomic E-state index is 0.0551. The van der Waals surface area contributed by atoms with Crippen molar-refractivity contribution in [2.75, 3.05) is 33.0 Å². The standard InChI is InChI=1S/C23H24N2O8/c1-2-33-18-9-5-15(6-10-18)20-19(21(27)16-3-7-17(8-4-16)25(30)31)22(28)23(29)24(20)11-13-32-14-12-26/h3-10,20,26-27H,2,11-14H2,1H3/b21-19+/t20-/m0/s1. The summed E-state index contributed by atoms with van der Waals surface area (Å²) in [6.45, 7) is 2.36. The summed E-state index contributed by atoms with van der Waals surface area (Å²) in [5.74, 6) is -1.49. The quantitative estimate of drug-likeness (QED) is 0.139. The van der Waals surface area contributed by atoms with E-state index in [0.29, 0.717) is 17.9 Å². The second-order valence-electron chi connectivity index (χ2n) is 7.13. The minimum atomic E-state index is -0.895. The molecule has 1 aliphatic heterocycles. The van der Waals surface area contributed by atoms with Crippen LogP contribution in [0.2, 0.25) is 0 Å². The Balaban J connectivity index is 2.04. The van der Waals surface area contributed by atoms with Crippen LogP contribution in [0, 0.1) is 10.1 Å². The van der Waals surface area contributed by atoms with Crippen LogP contribution in [0.3, 0.4) is 0 Å². The Bertz CT molecular complexity index is 1050. The monoisotopic (exact) mass is 456 g/mol. The van der Waals surface area contributed by atoms with Crippen molar-refractivity contribution in [2.24, 2.45) is 0 Å². The lowest BCUT2D eigenvalue weighted by atomic mass is 9.95. The van der Waals surface area contributed by atoms with Crippen molar-refractivity contribution in [2.45, 2.75) is 13.0 Å². The largest absolute Gasteiger partial charge is 0.507 e. The third-order valence-electron chi connectivity index (χ3n) is 5.11. The predicted molar refractivity (Wildman–Crippen MR) is 118 cm³/mol. The number of carbonyl (C=O) groups is 2. The molecular formula is C23H24N2O8. The fourth-order valence-electron chi connectivity index (χ4n) is 3.60. The first-order valence-corrected chi connectivity index (χ1v) is 10.3. The summed E-state index contributed by atoms with van der Waals surface area (Å²) in [4.78, 5) is 37.4. The predicted octanol–water partition coefficient (Wildman–Crippen LogP) is 2.42. The molecule has 1 aliphatic rings. The third kappa shape index (κ3) is 5.18. The number of nitro benzene ring substituents is 1. The number of benzene rings is 2. The Morgan fingerprint density at radius 2 is 1.76 bits per heavy atom. The molecule has 2 N–H and O–H groups in total. The number of nitro groups is 1. The Morgan fingerprint density at radius 1 is 1.09 bits per heavy atom. The van der Waals surface area contributed by atoms with E-state index in [9.17, 15) is 24.8 Å². The van der Waals surface area contributed by atoms with Gasteiger partial charge >= 0.3 is 0 Å². The summed E-state index contributed by atoms with van der Waals surface area (Å²) in [7, 11) is 0. The molecule has 1 fully saturated rings. The van der Waals surface area contributed by atoms with Crippen molar-refractivity contribution in [1.29, 1.82) is 0 Å². The molecule has 0 saturated carbocycles. The molecule has 0 bridgehead atoms. The lowest BCUT2D eigenvalue weighted by molar-refractivity contribution is -0.384. The smallest absolute Gasteiger partial charge is 0.295 e. The number of aliphatic hydroxyl groups is 2. The second kappa shape index (κ2) is 10.7. The van der Waals surface area contributed by atoms with E-state index in [2.05, 4.69) is 0 Å². The van der Waals surface area contributed by atoms with E-state index in [1.807, 2.05) is 6.92 Å². The molecule has 2 aromatic carbocycles. The molecule has 0 unspecified atom stereocenters. The van der Waals surface area contributed by atoms with Crippen LogP contribution in [0.4, 0.5) is 5.69 Å². The number of carbonyl (C=O) groups excluding carboxylic acids is 2. The lowest BCUT2D eigenvalue weighted by Crippen LogP contribution is -2.33. The molecule has 3 rings (SSSR count). The first-order valence-electron chi connectivity index (χ1n) is 10.3. The van der Waals surface area contributed by atoms with Gasteiger partial charge in [-0.1, -0.05) is 12.1 Å². The average molecular weight is 456 g/mol. The number of ketones is 1. The fraction of sp³-hybridized carbons (Fsp3) is 0.304. The highest BCUT2D eigenvalue weighted by atomic mass is 16.6. The number of nitrogens with zero attached hydrogens (tertiary/aromatic N) is 2. The molecule has 1 saturated heterocycles. The number of amides is 1. The average Bonchev–Trinajstić information content (AvgIpc) is 3.07. The molecule has 1 atom stereocenters.